The highest BCUT2D eigenvalue weighted by molar-refractivity contribution is 5.80. The van der Waals surface area contributed by atoms with E-state index in [9.17, 15) is 0 Å². The van der Waals surface area contributed by atoms with Crippen molar-refractivity contribution in [3.05, 3.63) is 78.6 Å². The Hall–Kier alpha value is -3.14. The van der Waals surface area contributed by atoms with Crippen molar-refractivity contribution >= 4 is 16.7 Å². The first-order valence-corrected chi connectivity index (χ1v) is 7.97. The van der Waals surface area contributed by atoms with Gasteiger partial charge in [0, 0.05) is 29.9 Å². The zero-order valence-electron chi connectivity index (χ0n) is 13.5. The average molecular weight is 314 g/mol. The van der Waals surface area contributed by atoms with E-state index in [1.807, 2.05) is 60.8 Å². The Morgan fingerprint density at radius 1 is 0.875 bits per heavy atom. The first-order chi connectivity index (χ1) is 11.8. The Kier molecular flexibility index (Phi) is 3.71. The van der Waals surface area contributed by atoms with Gasteiger partial charge in [-0.25, -0.2) is 9.97 Å². The van der Waals surface area contributed by atoms with Crippen LogP contribution in [0.1, 0.15) is 5.69 Å². The van der Waals surface area contributed by atoms with E-state index in [2.05, 4.69) is 34.0 Å². The third-order valence-corrected chi connectivity index (χ3v) is 4.11. The minimum Gasteiger partial charge on any atom is -0.369 e. The summed E-state index contributed by atoms with van der Waals surface area (Å²) in [5.74, 6) is 0.752. The minimum atomic E-state index is 0.723. The molecule has 0 unspecified atom stereocenters. The van der Waals surface area contributed by atoms with Crippen LogP contribution in [-0.4, -0.2) is 22.0 Å². The van der Waals surface area contributed by atoms with E-state index in [1.54, 1.807) is 0 Å². The second-order valence-corrected chi connectivity index (χ2v) is 5.79. The van der Waals surface area contributed by atoms with Crippen LogP contribution in [-0.2, 0) is 6.54 Å². The number of nitrogens with one attached hydrogen (secondary N) is 1. The summed E-state index contributed by atoms with van der Waals surface area (Å²) in [7, 11) is 2.08. The Morgan fingerprint density at radius 3 is 2.33 bits per heavy atom. The third kappa shape index (κ3) is 2.74. The molecule has 0 aliphatic rings. The number of rotatable bonds is 4. The highest BCUT2D eigenvalue weighted by atomic mass is 15.1. The third-order valence-electron chi connectivity index (χ3n) is 4.11. The molecule has 0 saturated carbocycles. The summed E-state index contributed by atoms with van der Waals surface area (Å²) in [5, 5.41) is 1.07. The molecule has 0 bridgehead atoms. The first-order valence-electron chi connectivity index (χ1n) is 7.97. The van der Waals surface area contributed by atoms with Crippen LogP contribution in [0.15, 0.2) is 72.9 Å². The molecule has 1 N–H and O–H groups in total. The summed E-state index contributed by atoms with van der Waals surface area (Å²) in [6.45, 7) is 0.723. The van der Waals surface area contributed by atoms with Gasteiger partial charge in [-0.05, 0) is 18.2 Å². The molecule has 0 radical (unpaired) electrons. The van der Waals surface area contributed by atoms with Gasteiger partial charge in [0.1, 0.15) is 5.65 Å². The van der Waals surface area contributed by atoms with Gasteiger partial charge in [-0.3, -0.25) is 0 Å². The standard InChI is InChI=1S/C20H18N4/c1-24(16-10-6-3-7-11-16)14-18-17-12-13-21-20(17)23-19(22-18)15-8-4-2-5-9-15/h2-13H,14H2,1H3,(H,21,22,23). The molecule has 0 spiro atoms. The van der Waals surface area contributed by atoms with Crippen LogP contribution in [0.2, 0.25) is 0 Å². The van der Waals surface area contributed by atoms with Gasteiger partial charge in [0.15, 0.2) is 5.82 Å². The molecular weight excluding hydrogens is 296 g/mol. The van der Waals surface area contributed by atoms with Crippen molar-refractivity contribution in [3.8, 4) is 11.4 Å². The average Bonchev–Trinajstić information content (AvgIpc) is 3.12. The number of H-pyrrole nitrogens is 1. The maximum absolute atomic E-state index is 4.84. The van der Waals surface area contributed by atoms with Gasteiger partial charge in [0.05, 0.1) is 12.2 Å². The van der Waals surface area contributed by atoms with Crippen molar-refractivity contribution < 1.29 is 0 Å². The summed E-state index contributed by atoms with van der Waals surface area (Å²) in [6.07, 6.45) is 1.92. The summed E-state index contributed by atoms with van der Waals surface area (Å²) in [5.41, 5.74) is 4.09. The van der Waals surface area contributed by atoms with Gasteiger partial charge in [0.2, 0.25) is 0 Å². The summed E-state index contributed by atoms with van der Waals surface area (Å²) < 4.78 is 0. The lowest BCUT2D eigenvalue weighted by atomic mass is 10.2. The van der Waals surface area contributed by atoms with Crippen LogP contribution < -0.4 is 4.90 Å². The highest BCUT2D eigenvalue weighted by Crippen LogP contribution is 2.23. The molecule has 4 aromatic rings. The summed E-state index contributed by atoms with van der Waals surface area (Å²) in [6, 6.07) is 22.5. The van der Waals surface area contributed by atoms with E-state index in [4.69, 9.17) is 4.98 Å². The lowest BCUT2D eigenvalue weighted by molar-refractivity contribution is 0.891. The fourth-order valence-electron chi connectivity index (χ4n) is 2.84. The zero-order chi connectivity index (χ0) is 16.4. The second-order valence-electron chi connectivity index (χ2n) is 5.79. The van der Waals surface area contributed by atoms with Gasteiger partial charge < -0.3 is 9.88 Å². The van der Waals surface area contributed by atoms with Gasteiger partial charge in [0.25, 0.3) is 0 Å². The lowest BCUT2D eigenvalue weighted by Gasteiger charge is -2.19. The fourth-order valence-corrected chi connectivity index (χ4v) is 2.84. The monoisotopic (exact) mass is 314 g/mol. The minimum absolute atomic E-state index is 0.723. The maximum Gasteiger partial charge on any atom is 0.161 e. The normalized spacial score (nSPS) is 10.9. The quantitative estimate of drug-likeness (QED) is 0.612. The van der Waals surface area contributed by atoms with E-state index in [1.165, 1.54) is 5.69 Å². The molecule has 0 aliphatic carbocycles. The molecule has 0 atom stereocenters. The van der Waals surface area contributed by atoms with Gasteiger partial charge >= 0.3 is 0 Å². The number of aromatic amines is 1. The number of hydrogen-bond acceptors (Lipinski definition) is 3. The summed E-state index contributed by atoms with van der Waals surface area (Å²) in [4.78, 5) is 14.9. The van der Waals surface area contributed by atoms with Crippen LogP contribution in [0.25, 0.3) is 22.4 Å². The highest BCUT2D eigenvalue weighted by Gasteiger charge is 2.12. The van der Waals surface area contributed by atoms with Crippen LogP contribution in [0.4, 0.5) is 5.69 Å². The van der Waals surface area contributed by atoms with Crippen LogP contribution >= 0.6 is 0 Å². The van der Waals surface area contributed by atoms with Crippen molar-refractivity contribution in [1.82, 2.24) is 15.0 Å². The van der Waals surface area contributed by atoms with Crippen LogP contribution in [0.3, 0.4) is 0 Å². The SMILES string of the molecule is CN(Cc1nc(-c2ccccc2)nc2[nH]ccc12)c1ccccc1. The molecule has 2 aromatic carbocycles. The Balaban J connectivity index is 1.75. The fraction of sp³-hybridized carbons (Fsp3) is 0.100. The van der Waals surface area contributed by atoms with Crippen LogP contribution in [0, 0.1) is 0 Å². The zero-order valence-corrected chi connectivity index (χ0v) is 13.5. The molecule has 4 rings (SSSR count). The van der Waals surface area contributed by atoms with Crippen molar-refractivity contribution in [1.29, 1.82) is 0 Å². The molecule has 0 aliphatic heterocycles. The smallest absolute Gasteiger partial charge is 0.161 e. The molecule has 24 heavy (non-hydrogen) atoms. The second kappa shape index (κ2) is 6.16. The number of hydrogen-bond donors (Lipinski definition) is 1. The van der Waals surface area contributed by atoms with Gasteiger partial charge in [-0.1, -0.05) is 48.5 Å². The Bertz CT molecular complexity index is 945. The maximum atomic E-state index is 4.84. The van der Waals surface area contributed by atoms with E-state index in [-0.39, 0.29) is 0 Å². The number of aromatic nitrogens is 3. The summed E-state index contributed by atoms with van der Waals surface area (Å²) >= 11 is 0. The van der Waals surface area contributed by atoms with Crippen molar-refractivity contribution in [2.24, 2.45) is 0 Å². The Morgan fingerprint density at radius 2 is 1.58 bits per heavy atom. The van der Waals surface area contributed by atoms with Crippen molar-refractivity contribution in [2.45, 2.75) is 6.54 Å². The van der Waals surface area contributed by atoms with Gasteiger partial charge in [-0.2, -0.15) is 0 Å². The number of anilines is 1. The number of para-hydroxylation sites is 1. The molecule has 0 amide bonds. The molecule has 2 aromatic heterocycles. The molecule has 118 valence electrons. The largest absolute Gasteiger partial charge is 0.369 e. The lowest BCUT2D eigenvalue weighted by Crippen LogP contribution is -2.17. The topological polar surface area (TPSA) is 44.8 Å². The first kappa shape index (κ1) is 14.5. The predicted octanol–water partition coefficient (Wildman–Crippen LogP) is 4.26. The Labute approximate surface area is 140 Å². The van der Waals surface area contributed by atoms with E-state index in [0.717, 1.165) is 34.7 Å². The van der Waals surface area contributed by atoms with Crippen molar-refractivity contribution in [2.75, 3.05) is 11.9 Å². The van der Waals surface area contributed by atoms with Crippen LogP contribution in [0.5, 0.6) is 0 Å². The molecule has 4 heteroatoms. The number of nitrogens with zero attached hydrogens (tertiary/aromatic N) is 3. The van der Waals surface area contributed by atoms with E-state index >= 15 is 0 Å². The van der Waals surface area contributed by atoms with Crippen molar-refractivity contribution in [3.63, 3.8) is 0 Å². The number of benzene rings is 2. The predicted molar refractivity (Wildman–Crippen MR) is 97.9 cm³/mol. The van der Waals surface area contributed by atoms with E-state index < -0.39 is 0 Å². The molecule has 0 saturated heterocycles. The molecule has 4 nitrogen and oxygen atoms in total. The van der Waals surface area contributed by atoms with Gasteiger partial charge in [-0.15, -0.1) is 0 Å². The number of fused-ring (bicyclic) bond motifs is 1. The van der Waals surface area contributed by atoms with E-state index in [0.29, 0.717) is 0 Å². The molecule has 2 heterocycles. The molecular formula is C20H18N4. The molecule has 0 fully saturated rings.